The van der Waals surface area contributed by atoms with Gasteiger partial charge in [-0.15, -0.1) is 0 Å². The molecule has 2 nitrogen and oxygen atoms in total. The standard InChI is InChI=1S/C15H20N2/c1-10-3-4-13-11(2)15(17-14(13)9-10)12-5-7-16-8-6-12/h3-4,9,12,16-17H,5-8H2,1-2H3. The SMILES string of the molecule is Cc1ccc2c(C)c(C3CCNCC3)[nH]c2c1. The summed E-state index contributed by atoms with van der Waals surface area (Å²) in [7, 11) is 0. The van der Waals surface area contributed by atoms with Crippen molar-refractivity contribution in [1.29, 1.82) is 0 Å². The zero-order chi connectivity index (χ0) is 11.8. The first-order valence-corrected chi connectivity index (χ1v) is 6.55. The average molecular weight is 228 g/mol. The van der Waals surface area contributed by atoms with Gasteiger partial charge in [0, 0.05) is 22.5 Å². The van der Waals surface area contributed by atoms with Crippen LogP contribution >= 0.6 is 0 Å². The summed E-state index contributed by atoms with van der Waals surface area (Å²) in [6.45, 7) is 6.71. The molecule has 1 aliphatic heterocycles. The lowest BCUT2D eigenvalue weighted by Gasteiger charge is -2.22. The van der Waals surface area contributed by atoms with E-state index in [0.29, 0.717) is 5.92 Å². The summed E-state index contributed by atoms with van der Waals surface area (Å²) < 4.78 is 0. The van der Waals surface area contributed by atoms with Crippen LogP contribution in [0.15, 0.2) is 18.2 Å². The van der Waals surface area contributed by atoms with E-state index in [2.05, 4.69) is 42.3 Å². The molecule has 90 valence electrons. The second kappa shape index (κ2) is 4.19. The van der Waals surface area contributed by atoms with E-state index in [1.165, 1.54) is 40.6 Å². The maximum Gasteiger partial charge on any atom is 0.0461 e. The van der Waals surface area contributed by atoms with Gasteiger partial charge in [0.25, 0.3) is 0 Å². The lowest BCUT2D eigenvalue weighted by molar-refractivity contribution is 0.453. The minimum atomic E-state index is 0.712. The largest absolute Gasteiger partial charge is 0.358 e. The van der Waals surface area contributed by atoms with Crippen LogP contribution in [0.25, 0.3) is 10.9 Å². The molecular formula is C15H20N2. The third-order valence-electron chi connectivity index (χ3n) is 4.00. The summed E-state index contributed by atoms with van der Waals surface area (Å²) in [6.07, 6.45) is 2.51. The predicted molar refractivity (Wildman–Crippen MR) is 72.6 cm³/mol. The number of rotatable bonds is 1. The Bertz CT molecular complexity index is 533. The van der Waals surface area contributed by atoms with Crippen molar-refractivity contribution in [1.82, 2.24) is 10.3 Å². The maximum absolute atomic E-state index is 3.65. The first kappa shape index (κ1) is 10.8. The number of hydrogen-bond acceptors (Lipinski definition) is 1. The van der Waals surface area contributed by atoms with E-state index in [0.717, 1.165) is 13.1 Å². The van der Waals surface area contributed by atoms with Crippen LogP contribution in [0.2, 0.25) is 0 Å². The van der Waals surface area contributed by atoms with Gasteiger partial charge < -0.3 is 10.3 Å². The van der Waals surface area contributed by atoms with Crippen LogP contribution in [-0.4, -0.2) is 18.1 Å². The van der Waals surface area contributed by atoms with Gasteiger partial charge in [0.05, 0.1) is 0 Å². The Kier molecular flexibility index (Phi) is 2.67. The predicted octanol–water partition coefficient (Wildman–Crippen LogP) is 3.25. The number of aromatic amines is 1. The zero-order valence-corrected chi connectivity index (χ0v) is 10.6. The zero-order valence-electron chi connectivity index (χ0n) is 10.6. The first-order chi connectivity index (χ1) is 8.25. The molecule has 2 aromatic rings. The third kappa shape index (κ3) is 1.87. The monoisotopic (exact) mass is 228 g/mol. The van der Waals surface area contributed by atoms with Gasteiger partial charge in [0.1, 0.15) is 0 Å². The van der Waals surface area contributed by atoms with E-state index in [4.69, 9.17) is 0 Å². The third-order valence-corrected chi connectivity index (χ3v) is 4.00. The molecule has 1 aromatic heterocycles. The minimum Gasteiger partial charge on any atom is -0.358 e. The van der Waals surface area contributed by atoms with Crippen LogP contribution in [0, 0.1) is 13.8 Å². The van der Waals surface area contributed by atoms with Gasteiger partial charge in [-0.2, -0.15) is 0 Å². The van der Waals surface area contributed by atoms with Gasteiger partial charge in [-0.3, -0.25) is 0 Å². The van der Waals surface area contributed by atoms with Crippen molar-refractivity contribution in [3.05, 3.63) is 35.0 Å². The smallest absolute Gasteiger partial charge is 0.0461 e. The Labute approximate surface area is 102 Å². The molecule has 0 unspecified atom stereocenters. The molecule has 1 fully saturated rings. The number of aryl methyl sites for hydroxylation is 2. The number of aromatic nitrogens is 1. The first-order valence-electron chi connectivity index (χ1n) is 6.55. The molecule has 2 N–H and O–H groups in total. The van der Waals surface area contributed by atoms with Crippen molar-refractivity contribution in [2.75, 3.05) is 13.1 Å². The molecule has 0 saturated carbocycles. The molecule has 0 spiro atoms. The molecular weight excluding hydrogens is 208 g/mol. The normalized spacial score (nSPS) is 17.8. The van der Waals surface area contributed by atoms with Crippen molar-refractivity contribution in [2.45, 2.75) is 32.6 Å². The lowest BCUT2D eigenvalue weighted by Crippen LogP contribution is -2.27. The van der Waals surface area contributed by atoms with Gasteiger partial charge in [0.2, 0.25) is 0 Å². The molecule has 0 radical (unpaired) electrons. The van der Waals surface area contributed by atoms with E-state index >= 15 is 0 Å². The molecule has 0 bridgehead atoms. The maximum atomic E-state index is 3.65. The van der Waals surface area contributed by atoms with Gasteiger partial charge in [-0.05, 0) is 57.0 Å². The van der Waals surface area contributed by atoms with Crippen molar-refractivity contribution in [3.8, 4) is 0 Å². The van der Waals surface area contributed by atoms with Crippen molar-refractivity contribution in [2.24, 2.45) is 0 Å². The summed E-state index contributed by atoms with van der Waals surface area (Å²) in [5.74, 6) is 0.712. The van der Waals surface area contributed by atoms with E-state index in [1.54, 1.807) is 0 Å². The van der Waals surface area contributed by atoms with Gasteiger partial charge >= 0.3 is 0 Å². The van der Waals surface area contributed by atoms with E-state index in [9.17, 15) is 0 Å². The van der Waals surface area contributed by atoms with Crippen LogP contribution in [0.1, 0.15) is 35.6 Å². The van der Waals surface area contributed by atoms with Crippen LogP contribution in [0.3, 0.4) is 0 Å². The van der Waals surface area contributed by atoms with Crippen molar-refractivity contribution < 1.29 is 0 Å². The molecule has 3 rings (SSSR count). The Morgan fingerprint density at radius 2 is 1.88 bits per heavy atom. The fraction of sp³-hybridized carbons (Fsp3) is 0.467. The molecule has 1 aliphatic rings. The van der Waals surface area contributed by atoms with E-state index in [1.807, 2.05) is 0 Å². The van der Waals surface area contributed by atoms with Crippen LogP contribution in [-0.2, 0) is 0 Å². The summed E-state index contributed by atoms with van der Waals surface area (Å²) in [6, 6.07) is 6.71. The van der Waals surface area contributed by atoms with E-state index < -0.39 is 0 Å². The number of H-pyrrole nitrogens is 1. The Morgan fingerprint density at radius 1 is 1.12 bits per heavy atom. The number of nitrogens with one attached hydrogen (secondary N) is 2. The number of fused-ring (bicyclic) bond motifs is 1. The quantitative estimate of drug-likeness (QED) is 0.770. The summed E-state index contributed by atoms with van der Waals surface area (Å²) in [5.41, 5.74) is 5.55. The fourth-order valence-corrected chi connectivity index (χ4v) is 2.99. The lowest BCUT2D eigenvalue weighted by atomic mass is 9.92. The molecule has 2 heteroatoms. The van der Waals surface area contributed by atoms with E-state index in [-0.39, 0.29) is 0 Å². The second-order valence-corrected chi connectivity index (χ2v) is 5.24. The highest BCUT2D eigenvalue weighted by molar-refractivity contribution is 5.85. The molecule has 17 heavy (non-hydrogen) atoms. The van der Waals surface area contributed by atoms with Crippen LogP contribution in [0.5, 0.6) is 0 Å². The highest BCUT2D eigenvalue weighted by atomic mass is 14.9. The topological polar surface area (TPSA) is 27.8 Å². The summed E-state index contributed by atoms with van der Waals surface area (Å²) >= 11 is 0. The Hall–Kier alpha value is -1.28. The highest BCUT2D eigenvalue weighted by Gasteiger charge is 2.19. The summed E-state index contributed by atoms with van der Waals surface area (Å²) in [4.78, 5) is 3.65. The number of benzene rings is 1. The molecule has 1 saturated heterocycles. The fourth-order valence-electron chi connectivity index (χ4n) is 2.99. The number of piperidine rings is 1. The average Bonchev–Trinajstić information content (AvgIpc) is 2.67. The Morgan fingerprint density at radius 3 is 2.65 bits per heavy atom. The second-order valence-electron chi connectivity index (χ2n) is 5.24. The van der Waals surface area contributed by atoms with Crippen molar-refractivity contribution in [3.63, 3.8) is 0 Å². The highest BCUT2D eigenvalue weighted by Crippen LogP contribution is 2.32. The molecule has 0 amide bonds. The molecule has 0 aliphatic carbocycles. The van der Waals surface area contributed by atoms with Gasteiger partial charge in [-0.25, -0.2) is 0 Å². The molecule has 2 heterocycles. The van der Waals surface area contributed by atoms with Crippen LogP contribution in [0.4, 0.5) is 0 Å². The van der Waals surface area contributed by atoms with Crippen LogP contribution < -0.4 is 5.32 Å². The minimum absolute atomic E-state index is 0.712. The molecule has 1 aromatic carbocycles. The number of hydrogen-bond donors (Lipinski definition) is 2. The van der Waals surface area contributed by atoms with Gasteiger partial charge in [-0.1, -0.05) is 12.1 Å². The summed E-state index contributed by atoms with van der Waals surface area (Å²) in [5, 5.41) is 4.83. The molecule has 0 atom stereocenters. The van der Waals surface area contributed by atoms with Crippen molar-refractivity contribution >= 4 is 10.9 Å². The Balaban J connectivity index is 2.07. The van der Waals surface area contributed by atoms with Gasteiger partial charge in [0.15, 0.2) is 0 Å².